The molecule has 94 valence electrons. The first-order valence-corrected chi connectivity index (χ1v) is 6.33. The smallest absolute Gasteiger partial charge is 0.118 e. The first kappa shape index (κ1) is 12.7. The van der Waals surface area contributed by atoms with Crippen molar-refractivity contribution in [2.24, 2.45) is 0 Å². The SMILES string of the molecule is COc1ccc([C@@H](CC[NH3+])c2ccccc2)cc1. The zero-order chi connectivity index (χ0) is 12.8. The predicted molar refractivity (Wildman–Crippen MR) is 73.7 cm³/mol. The molecule has 18 heavy (non-hydrogen) atoms. The van der Waals surface area contributed by atoms with Crippen LogP contribution >= 0.6 is 0 Å². The van der Waals surface area contributed by atoms with Crippen molar-refractivity contribution >= 4 is 0 Å². The maximum absolute atomic E-state index is 5.20. The van der Waals surface area contributed by atoms with Gasteiger partial charge in [-0.2, -0.15) is 0 Å². The standard InChI is InChI=1S/C16H19NO/c1-18-15-9-7-14(8-10-15)16(11-12-17)13-5-3-2-4-6-13/h2-10,16H,11-12,17H2,1H3/p+1/t16-/m0/s1. The number of benzene rings is 2. The van der Waals surface area contributed by atoms with Gasteiger partial charge in [0.25, 0.3) is 0 Å². The fourth-order valence-corrected chi connectivity index (χ4v) is 2.25. The zero-order valence-corrected chi connectivity index (χ0v) is 10.8. The number of quaternary nitrogens is 1. The topological polar surface area (TPSA) is 36.9 Å². The van der Waals surface area contributed by atoms with Gasteiger partial charge >= 0.3 is 0 Å². The molecule has 0 saturated carbocycles. The molecule has 0 heterocycles. The molecule has 2 aromatic carbocycles. The van der Waals surface area contributed by atoms with Crippen LogP contribution in [0.3, 0.4) is 0 Å². The summed E-state index contributed by atoms with van der Waals surface area (Å²) in [6, 6.07) is 18.9. The lowest BCUT2D eigenvalue weighted by molar-refractivity contribution is -0.368. The third-order valence-corrected chi connectivity index (χ3v) is 3.21. The third-order valence-electron chi connectivity index (χ3n) is 3.21. The Balaban J connectivity index is 2.29. The summed E-state index contributed by atoms with van der Waals surface area (Å²) in [6.45, 7) is 0.936. The molecular formula is C16H20NO+. The van der Waals surface area contributed by atoms with E-state index in [1.165, 1.54) is 11.1 Å². The Bertz CT molecular complexity index is 464. The first-order valence-electron chi connectivity index (χ1n) is 6.33. The summed E-state index contributed by atoms with van der Waals surface area (Å²) in [5.74, 6) is 1.33. The predicted octanol–water partition coefficient (Wildman–Crippen LogP) is 2.46. The fourth-order valence-electron chi connectivity index (χ4n) is 2.25. The highest BCUT2D eigenvalue weighted by atomic mass is 16.5. The van der Waals surface area contributed by atoms with Gasteiger partial charge in [-0.15, -0.1) is 0 Å². The van der Waals surface area contributed by atoms with E-state index in [4.69, 9.17) is 4.74 Å². The fraction of sp³-hybridized carbons (Fsp3) is 0.250. The van der Waals surface area contributed by atoms with Gasteiger partial charge in [0.15, 0.2) is 0 Å². The molecule has 3 N–H and O–H groups in total. The van der Waals surface area contributed by atoms with Crippen LogP contribution in [-0.2, 0) is 0 Å². The Morgan fingerprint density at radius 1 is 0.944 bits per heavy atom. The van der Waals surface area contributed by atoms with E-state index < -0.39 is 0 Å². The van der Waals surface area contributed by atoms with E-state index in [0.29, 0.717) is 5.92 Å². The number of ether oxygens (including phenoxy) is 1. The van der Waals surface area contributed by atoms with Gasteiger partial charge in [0.1, 0.15) is 5.75 Å². The first-order chi connectivity index (χ1) is 8.85. The van der Waals surface area contributed by atoms with E-state index in [1.807, 2.05) is 12.1 Å². The summed E-state index contributed by atoms with van der Waals surface area (Å²) in [6.07, 6.45) is 1.07. The Labute approximate surface area is 108 Å². The Kier molecular flexibility index (Phi) is 4.37. The Morgan fingerprint density at radius 3 is 2.11 bits per heavy atom. The van der Waals surface area contributed by atoms with Crippen molar-refractivity contribution in [1.82, 2.24) is 0 Å². The van der Waals surface area contributed by atoms with Crippen molar-refractivity contribution in [3.8, 4) is 5.75 Å². The minimum atomic E-state index is 0.426. The molecule has 2 nitrogen and oxygen atoms in total. The highest BCUT2D eigenvalue weighted by molar-refractivity contribution is 5.35. The van der Waals surface area contributed by atoms with E-state index in [-0.39, 0.29) is 0 Å². The number of hydrogen-bond donors (Lipinski definition) is 1. The minimum absolute atomic E-state index is 0.426. The Morgan fingerprint density at radius 2 is 1.56 bits per heavy atom. The van der Waals surface area contributed by atoms with Crippen LogP contribution in [0.5, 0.6) is 5.75 Å². The van der Waals surface area contributed by atoms with Crippen molar-refractivity contribution in [2.45, 2.75) is 12.3 Å². The van der Waals surface area contributed by atoms with Crippen molar-refractivity contribution in [2.75, 3.05) is 13.7 Å². The monoisotopic (exact) mass is 242 g/mol. The van der Waals surface area contributed by atoms with Gasteiger partial charge < -0.3 is 10.5 Å². The van der Waals surface area contributed by atoms with Crippen LogP contribution in [0.4, 0.5) is 0 Å². The maximum atomic E-state index is 5.20. The molecule has 0 spiro atoms. The average Bonchev–Trinajstić information content (AvgIpc) is 2.46. The van der Waals surface area contributed by atoms with Gasteiger partial charge in [0.2, 0.25) is 0 Å². The van der Waals surface area contributed by atoms with E-state index in [1.54, 1.807) is 7.11 Å². The van der Waals surface area contributed by atoms with Gasteiger partial charge in [0, 0.05) is 12.3 Å². The molecule has 0 aliphatic heterocycles. The molecule has 0 aliphatic rings. The van der Waals surface area contributed by atoms with Crippen molar-refractivity contribution < 1.29 is 10.5 Å². The summed E-state index contributed by atoms with van der Waals surface area (Å²) in [4.78, 5) is 0. The number of rotatable bonds is 5. The molecule has 0 amide bonds. The van der Waals surface area contributed by atoms with Crippen LogP contribution in [0.15, 0.2) is 54.6 Å². The van der Waals surface area contributed by atoms with Crippen LogP contribution in [0, 0.1) is 0 Å². The Hall–Kier alpha value is -1.80. The zero-order valence-electron chi connectivity index (χ0n) is 10.8. The molecule has 0 bridgehead atoms. The highest BCUT2D eigenvalue weighted by Crippen LogP contribution is 2.28. The highest BCUT2D eigenvalue weighted by Gasteiger charge is 2.13. The molecule has 1 atom stereocenters. The van der Waals surface area contributed by atoms with Gasteiger partial charge in [-0.25, -0.2) is 0 Å². The van der Waals surface area contributed by atoms with E-state index in [9.17, 15) is 0 Å². The molecular weight excluding hydrogens is 222 g/mol. The van der Waals surface area contributed by atoms with Gasteiger partial charge in [-0.3, -0.25) is 0 Å². The summed E-state index contributed by atoms with van der Waals surface area (Å²) >= 11 is 0. The second-order valence-electron chi connectivity index (χ2n) is 4.38. The summed E-state index contributed by atoms with van der Waals surface area (Å²) in [5.41, 5.74) is 6.66. The number of hydrogen-bond acceptors (Lipinski definition) is 1. The molecule has 0 fully saturated rings. The molecule has 0 unspecified atom stereocenters. The molecule has 2 heteroatoms. The van der Waals surface area contributed by atoms with Gasteiger partial charge in [-0.1, -0.05) is 42.5 Å². The molecule has 2 rings (SSSR count). The second kappa shape index (κ2) is 6.22. The third kappa shape index (κ3) is 2.90. The minimum Gasteiger partial charge on any atom is -0.497 e. The quantitative estimate of drug-likeness (QED) is 0.859. The van der Waals surface area contributed by atoms with Crippen LogP contribution in [-0.4, -0.2) is 13.7 Å². The van der Waals surface area contributed by atoms with Crippen LogP contribution in [0.25, 0.3) is 0 Å². The second-order valence-corrected chi connectivity index (χ2v) is 4.38. The molecule has 0 saturated heterocycles. The maximum Gasteiger partial charge on any atom is 0.118 e. The summed E-state index contributed by atoms with van der Waals surface area (Å²) in [5, 5.41) is 0. The van der Waals surface area contributed by atoms with E-state index in [0.717, 1.165) is 18.7 Å². The normalized spacial score (nSPS) is 12.1. The van der Waals surface area contributed by atoms with Crippen LogP contribution < -0.4 is 10.5 Å². The summed E-state index contributed by atoms with van der Waals surface area (Å²) in [7, 11) is 1.69. The van der Waals surface area contributed by atoms with Crippen LogP contribution in [0.1, 0.15) is 23.5 Å². The van der Waals surface area contributed by atoms with Gasteiger partial charge in [-0.05, 0) is 23.3 Å². The van der Waals surface area contributed by atoms with Gasteiger partial charge in [0.05, 0.1) is 13.7 Å². The van der Waals surface area contributed by atoms with Crippen molar-refractivity contribution in [1.29, 1.82) is 0 Å². The van der Waals surface area contributed by atoms with Crippen molar-refractivity contribution in [3.05, 3.63) is 65.7 Å². The number of methoxy groups -OCH3 is 1. The lowest BCUT2D eigenvalue weighted by Gasteiger charge is -2.16. The summed E-state index contributed by atoms with van der Waals surface area (Å²) < 4.78 is 5.20. The van der Waals surface area contributed by atoms with Crippen molar-refractivity contribution in [3.63, 3.8) is 0 Å². The van der Waals surface area contributed by atoms with Crippen LogP contribution in [0.2, 0.25) is 0 Å². The lowest BCUT2D eigenvalue weighted by atomic mass is 9.88. The largest absolute Gasteiger partial charge is 0.497 e. The van der Waals surface area contributed by atoms with E-state index in [2.05, 4.69) is 48.2 Å². The molecule has 2 aromatic rings. The molecule has 0 aromatic heterocycles. The average molecular weight is 242 g/mol. The molecule has 0 aliphatic carbocycles. The lowest BCUT2D eigenvalue weighted by Crippen LogP contribution is -2.50. The molecule has 0 radical (unpaired) electrons. The van der Waals surface area contributed by atoms with E-state index >= 15 is 0 Å².